The summed E-state index contributed by atoms with van der Waals surface area (Å²) in [7, 11) is 2.18. The summed E-state index contributed by atoms with van der Waals surface area (Å²) >= 11 is 5.89. The van der Waals surface area contributed by atoms with E-state index in [0.717, 1.165) is 49.2 Å². The highest BCUT2D eigenvalue weighted by Gasteiger charge is 2.14. The van der Waals surface area contributed by atoms with Crippen LogP contribution in [0.4, 0.5) is 0 Å². The lowest BCUT2D eigenvalue weighted by atomic mass is 10.2. The molecule has 0 amide bonds. The van der Waals surface area contributed by atoms with E-state index in [1.807, 2.05) is 30.3 Å². The highest BCUT2D eigenvalue weighted by atomic mass is 35.5. The summed E-state index contributed by atoms with van der Waals surface area (Å²) in [4.78, 5) is 4.86. The molecule has 0 aromatic heterocycles. The van der Waals surface area contributed by atoms with E-state index >= 15 is 0 Å². The van der Waals surface area contributed by atoms with Crippen LogP contribution in [0, 0.1) is 0 Å². The molecule has 1 fully saturated rings. The Balaban J connectivity index is 1.63. The molecule has 1 aliphatic rings. The van der Waals surface area contributed by atoms with Crippen LogP contribution >= 0.6 is 11.6 Å². The standard InChI is InChI=1S/C18H21ClN2O/c1-20-9-11-21(12-10-20)14-15-3-2-4-18(13-15)22-17-7-5-16(19)6-8-17/h2-8,13H,9-12,14H2,1H3. The van der Waals surface area contributed by atoms with Crippen LogP contribution in [0.15, 0.2) is 48.5 Å². The Labute approximate surface area is 137 Å². The minimum absolute atomic E-state index is 0.719. The van der Waals surface area contributed by atoms with Gasteiger partial charge in [0.2, 0.25) is 0 Å². The largest absolute Gasteiger partial charge is 0.457 e. The van der Waals surface area contributed by atoms with Gasteiger partial charge in [0, 0.05) is 37.7 Å². The van der Waals surface area contributed by atoms with E-state index in [1.54, 1.807) is 0 Å². The monoisotopic (exact) mass is 316 g/mol. The van der Waals surface area contributed by atoms with Gasteiger partial charge in [-0.25, -0.2) is 0 Å². The molecule has 0 spiro atoms. The zero-order valence-electron chi connectivity index (χ0n) is 12.8. The minimum atomic E-state index is 0.719. The van der Waals surface area contributed by atoms with Gasteiger partial charge in [-0.3, -0.25) is 4.90 Å². The number of hydrogen-bond donors (Lipinski definition) is 0. The Morgan fingerprint density at radius 1 is 0.955 bits per heavy atom. The first kappa shape index (κ1) is 15.3. The number of rotatable bonds is 4. The molecule has 3 rings (SSSR count). The van der Waals surface area contributed by atoms with Gasteiger partial charge in [-0.15, -0.1) is 0 Å². The Morgan fingerprint density at radius 2 is 1.68 bits per heavy atom. The Hall–Kier alpha value is -1.55. The number of ether oxygens (including phenoxy) is 1. The van der Waals surface area contributed by atoms with Gasteiger partial charge in [0.25, 0.3) is 0 Å². The molecule has 116 valence electrons. The second-order valence-corrected chi connectivity index (χ2v) is 6.22. The van der Waals surface area contributed by atoms with Gasteiger partial charge in [0.05, 0.1) is 0 Å². The summed E-state index contributed by atoms with van der Waals surface area (Å²) in [5.41, 5.74) is 1.29. The predicted octanol–water partition coefficient (Wildman–Crippen LogP) is 3.88. The molecule has 1 saturated heterocycles. The number of halogens is 1. The third-order valence-corrected chi connectivity index (χ3v) is 4.20. The van der Waals surface area contributed by atoms with Crippen LogP contribution in [-0.2, 0) is 6.54 Å². The number of hydrogen-bond acceptors (Lipinski definition) is 3. The van der Waals surface area contributed by atoms with Crippen LogP contribution in [0.3, 0.4) is 0 Å². The number of likely N-dealkylation sites (N-methyl/N-ethyl adjacent to an activating group) is 1. The van der Waals surface area contributed by atoms with Gasteiger partial charge in [-0.2, -0.15) is 0 Å². The first-order chi connectivity index (χ1) is 10.7. The van der Waals surface area contributed by atoms with Gasteiger partial charge < -0.3 is 9.64 Å². The molecule has 0 atom stereocenters. The van der Waals surface area contributed by atoms with Crippen LogP contribution in [0.2, 0.25) is 5.02 Å². The third kappa shape index (κ3) is 4.23. The van der Waals surface area contributed by atoms with Crippen molar-refractivity contribution in [2.45, 2.75) is 6.54 Å². The predicted molar refractivity (Wildman–Crippen MR) is 90.7 cm³/mol. The maximum atomic E-state index is 5.89. The molecule has 0 unspecified atom stereocenters. The molecule has 0 bridgehead atoms. The number of benzene rings is 2. The molecular formula is C18H21ClN2O. The lowest BCUT2D eigenvalue weighted by Gasteiger charge is -2.32. The van der Waals surface area contributed by atoms with Crippen LogP contribution in [0.5, 0.6) is 11.5 Å². The molecule has 22 heavy (non-hydrogen) atoms. The van der Waals surface area contributed by atoms with Crippen molar-refractivity contribution in [1.82, 2.24) is 9.80 Å². The molecule has 3 nitrogen and oxygen atoms in total. The summed E-state index contributed by atoms with van der Waals surface area (Å²) in [6.07, 6.45) is 0. The van der Waals surface area contributed by atoms with E-state index in [-0.39, 0.29) is 0 Å². The molecule has 4 heteroatoms. The van der Waals surface area contributed by atoms with E-state index in [0.29, 0.717) is 0 Å². The van der Waals surface area contributed by atoms with Crippen molar-refractivity contribution < 1.29 is 4.74 Å². The number of piperazine rings is 1. The Morgan fingerprint density at radius 3 is 2.41 bits per heavy atom. The second-order valence-electron chi connectivity index (χ2n) is 5.78. The van der Waals surface area contributed by atoms with Crippen molar-refractivity contribution in [2.75, 3.05) is 33.2 Å². The Bertz CT molecular complexity index is 607. The zero-order chi connectivity index (χ0) is 15.4. The van der Waals surface area contributed by atoms with Crippen LogP contribution in [0.1, 0.15) is 5.56 Å². The SMILES string of the molecule is CN1CCN(Cc2cccc(Oc3ccc(Cl)cc3)c2)CC1. The molecular weight excluding hydrogens is 296 g/mol. The Kier molecular flexibility index (Phi) is 4.98. The van der Waals surface area contributed by atoms with Crippen LogP contribution in [-0.4, -0.2) is 43.0 Å². The van der Waals surface area contributed by atoms with Gasteiger partial charge >= 0.3 is 0 Å². The van der Waals surface area contributed by atoms with Crippen LogP contribution < -0.4 is 4.74 Å². The lowest BCUT2D eigenvalue weighted by Crippen LogP contribution is -2.43. The molecule has 0 radical (unpaired) electrons. The molecule has 2 aromatic carbocycles. The number of nitrogens with zero attached hydrogens (tertiary/aromatic N) is 2. The van der Waals surface area contributed by atoms with E-state index in [1.165, 1.54) is 5.56 Å². The smallest absolute Gasteiger partial charge is 0.127 e. The summed E-state index contributed by atoms with van der Waals surface area (Å²) in [5.74, 6) is 1.68. The first-order valence-corrected chi connectivity index (χ1v) is 8.00. The van der Waals surface area contributed by atoms with E-state index < -0.39 is 0 Å². The summed E-state index contributed by atoms with van der Waals surface area (Å²) < 4.78 is 5.89. The fourth-order valence-electron chi connectivity index (χ4n) is 2.61. The normalized spacial score (nSPS) is 16.6. The van der Waals surface area contributed by atoms with E-state index in [4.69, 9.17) is 16.3 Å². The van der Waals surface area contributed by atoms with Crippen LogP contribution in [0.25, 0.3) is 0 Å². The second kappa shape index (κ2) is 7.14. The van der Waals surface area contributed by atoms with Crippen molar-refractivity contribution in [3.63, 3.8) is 0 Å². The molecule has 1 aliphatic heterocycles. The average molecular weight is 317 g/mol. The van der Waals surface area contributed by atoms with E-state index in [9.17, 15) is 0 Å². The molecule has 2 aromatic rings. The van der Waals surface area contributed by atoms with E-state index in [2.05, 4.69) is 35.0 Å². The van der Waals surface area contributed by atoms with Gasteiger partial charge in [-0.05, 0) is 49.0 Å². The molecule has 0 saturated carbocycles. The van der Waals surface area contributed by atoms with Gasteiger partial charge in [0.1, 0.15) is 11.5 Å². The first-order valence-electron chi connectivity index (χ1n) is 7.62. The fraction of sp³-hybridized carbons (Fsp3) is 0.333. The molecule has 0 N–H and O–H groups in total. The van der Waals surface area contributed by atoms with Gasteiger partial charge in [-0.1, -0.05) is 23.7 Å². The summed E-state index contributed by atoms with van der Waals surface area (Å²) in [5, 5.41) is 0.719. The van der Waals surface area contributed by atoms with Crippen molar-refractivity contribution in [3.8, 4) is 11.5 Å². The maximum Gasteiger partial charge on any atom is 0.127 e. The van der Waals surface area contributed by atoms with Crippen molar-refractivity contribution in [1.29, 1.82) is 0 Å². The lowest BCUT2D eigenvalue weighted by molar-refractivity contribution is 0.148. The minimum Gasteiger partial charge on any atom is -0.457 e. The topological polar surface area (TPSA) is 15.7 Å². The highest BCUT2D eigenvalue weighted by Crippen LogP contribution is 2.24. The highest BCUT2D eigenvalue weighted by molar-refractivity contribution is 6.30. The summed E-state index contributed by atoms with van der Waals surface area (Å²) in [6.45, 7) is 5.51. The maximum absolute atomic E-state index is 5.89. The van der Waals surface area contributed by atoms with Crippen molar-refractivity contribution >= 4 is 11.6 Å². The molecule has 0 aliphatic carbocycles. The zero-order valence-corrected chi connectivity index (χ0v) is 13.6. The molecule has 1 heterocycles. The van der Waals surface area contributed by atoms with Crippen molar-refractivity contribution in [3.05, 3.63) is 59.1 Å². The van der Waals surface area contributed by atoms with Crippen molar-refractivity contribution in [2.24, 2.45) is 0 Å². The fourth-order valence-corrected chi connectivity index (χ4v) is 2.74. The summed E-state index contributed by atoms with van der Waals surface area (Å²) in [6, 6.07) is 15.8. The quantitative estimate of drug-likeness (QED) is 0.851. The average Bonchev–Trinajstić information content (AvgIpc) is 2.52. The third-order valence-electron chi connectivity index (χ3n) is 3.95. The van der Waals surface area contributed by atoms with Gasteiger partial charge in [0.15, 0.2) is 0 Å².